The largest absolute Gasteiger partial charge is 0.462 e. The first-order valence-corrected chi connectivity index (χ1v) is 24.4. The molecule has 55 heavy (non-hydrogen) atoms. The van der Waals surface area contributed by atoms with E-state index in [2.05, 4.69) is 27.7 Å². The van der Waals surface area contributed by atoms with E-state index < -0.39 is 6.10 Å². The summed E-state index contributed by atoms with van der Waals surface area (Å²) in [6, 6.07) is 0. The molecule has 0 fully saturated rings. The molecule has 0 aliphatic carbocycles. The lowest BCUT2D eigenvalue weighted by molar-refractivity contribution is -0.167. The summed E-state index contributed by atoms with van der Waals surface area (Å²) in [7, 11) is 0. The lowest BCUT2D eigenvalue weighted by atomic mass is 9.99. The average molecular weight is 779 g/mol. The minimum absolute atomic E-state index is 0.0634. The van der Waals surface area contributed by atoms with Gasteiger partial charge in [0.2, 0.25) is 0 Å². The Labute approximate surface area is 342 Å². The molecule has 0 amide bonds. The van der Waals surface area contributed by atoms with Gasteiger partial charge in [0, 0.05) is 19.3 Å². The zero-order valence-corrected chi connectivity index (χ0v) is 37.4. The van der Waals surface area contributed by atoms with Gasteiger partial charge in [-0.3, -0.25) is 14.4 Å². The van der Waals surface area contributed by atoms with Crippen molar-refractivity contribution in [3.8, 4) is 0 Å². The maximum atomic E-state index is 12.7. The van der Waals surface area contributed by atoms with E-state index in [0.717, 1.165) is 63.7 Å². The summed E-state index contributed by atoms with van der Waals surface area (Å²) < 4.78 is 16.7. The van der Waals surface area contributed by atoms with E-state index in [1.54, 1.807) is 0 Å². The summed E-state index contributed by atoms with van der Waals surface area (Å²) in [5, 5.41) is 0. The molecule has 326 valence electrons. The monoisotopic (exact) mass is 779 g/mol. The van der Waals surface area contributed by atoms with Gasteiger partial charge >= 0.3 is 17.9 Å². The van der Waals surface area contributed by atoms with E-state index in [-0.39, 0.29) is 31.1 Å². The first-order chi connectivity index (χ1) is 26.9. The van der Waals surface area contributed by atoms with Crippen molar-refractivity contribution in [2.75, 3.05) is 13.2 Å². The highest BCUT2D eigenvalue weighted by Gasteiger charge is 2.19. The first kappa shape index (κ1) is 53.4. The molecule has 0 saturated heterocycles. The maximum Gasteiger partial charge on any atom is 0.306 e. The fraction of sp³-hybridized carbons (Fsp3) is 0.939. The zero-order valence-electron chi connectivity index (χ0n) is 37.4. The number of hydrogen-bond acceptors (Lipinski definition) is 6. The number of carbonyl (C=O) groups excluding carboxylic acids is 3. The Balaban J connectivity index is 4.21. The summed E-state index contributed by atoms with van der Waals surface area (Å²) in [4.78, 5) is 37.7. The van der Waals surface area contributed by atoms with Crippen LogP contribution in [0.25, 0.3) is 0 Å². The second kappa shape index (κ2) is 43.5. The Kier molecular flexibility index (Phi) is 42.3. The van der Waals surface area contributed by atoms with E-state index in [9.17, 15) is 14.4 Å². The van der Waals surface area contributed by atoms with Gasteiger partial charge in [0.1, 0.15) is 13.2 Å². The van der Waals surface area contributed by atoms with Crippen LogP contribution in [0.3, 0.4) is 0 Å². The molecular formula is C49H94O6. The Morgan fingerprint density at radius 3 is 0.945 bits per heavy atom. The standard InChI is InChI=1S/C49H94O6/c1-5-8-10-12-14-16-25-28-32-36-40-47(50)53-43-46(55-49(52)42-38-34-30-23-15-13-11-9-6-2)44-54-48(51)41-37-33-29-26-22-20-18-17-19-21-24-27-31-35-39-45(4)7-3/h45-46H,5-44H2,1-4H3/t45?,46-/m0/s1. The molecule has 1 unspecified atom stereocenters. The third-order valence-corrected chi connectivity index (χ3v) is 11.4. The van der Waals surface area contributed by atoms with Gasteiger partial charge < -0.3 is 14.2 Å². The number of ether oxygens (including phenoxy) is 3. The quantitative estimate of drug-likeness (QED) is 0.0348. The van der Waals surface area contributed by atoms with Crippen LogP contribution in [0.5, 0.6) is 0 Å². The second-order valence-corrected chi connectivity index (χ2v) is 17.0. The molecule has 0 aliphatic rings. The summed E-state index contributed by atoms with van der Waals surface area (Å²) in [5.74, 6) is 0.0426. The number of rotatable bonds is 44. The molecule has 0 heterocycles. The predicted octanol–water partition coefficient (Wildman–Crippen LogP) is 15.5. The summed E-state index contributed by atoms with van der Waals surface area (Å²) >= 11 is 0. The Morgan fingerprint density at radius 1 is 0.364 bits per heavy atom. The molecule has 0 N–H and O–H groups in total. The Hall–Kier alpha value is -1.59. The van der Waals surface area contributed by atoms with Crippen molar-refractivity contribution in [1.29, 1.82) is 0 Å². The molecule has 0 aliphatic heterocycles. The molecular weight excluding hydrogens is 685 g/mol. The molecule has 6 heteroatoms. The van der Waals surface area contributed by atoms with Crippen molar-refractivity contribution in [2.45, 2.75) is 278 Å². The third kappa shape index (κ3) is 41.9. The summed E-state index contributed by atoms with van der Waals surface area (Å²) in [6.07, 6.45) is 43.7. The summed E-state index contributed by atoms with van der Waals surface area (Å²) in [6.45, 7) is 9.02. The highest BCUT2D eigenvalue weighted by Crippen LogP contribution is 2.17. The van der Waals surface area contributed by atoms with Crippen LogP contribution in [0.4, 0.5) is 0 Å². The van der Waals surface area contributed by atoms with Crippen molar-refractivity contribution in [2.24, 2.45) is 5.92 Å². The van der Waals surface area contributed by atoms with Crippen molar-refractivity contribution < 1.29 is 28.6 Å². The van der Waals surface area contributed by atoms with Crippen LogP contribution in [-0.2, 0) is 28.6 Å². The van der Waals surface area contributed by atoms with Crippen molar-refractivity contribution in [3.05, 3.63) is 0 Å². The van der Waals surface area contributed by atoms with Crippen LogP contribution < -0.4 is 0 Å². The molecule has 0 saturated carbocycles. The minimum Gasteiger partial charge on any atom is -0.462 e. The second-order valence-electron chi connectivity index (χ2n) is 17.0. The van der Waals surface area contributed by atoms with Crippen LogP contribution in [0.15, 0.2) is 0 Å². The first-order valence-electron chi connectivity index (χ1n) is 24.4. The lowest BCUT2D eigenvalue weighted by Crippen LogP contribution is -2.30. The maximum absolute atomic E-state index is 12.7. The molecule has 0 radical (unpaired) electrons. The lowest BCUT2D eigenvalue weighted by Gasteiger charge is -2.18. The van der Waals surface area contributed by atoms with Crippen LogP contribution in [0, 0.1) is 5.92 Å². The third-order valence-electron chi connectivity index (χ3n) is 11.4. The Morgan fingerprint density at radius 2 is 0.636 bits per heavy atom. The van der Waals surface area contributed by atoms with Crippen LogP contribution >= 0.6 is 0 Å². The highest BCUT2D eigenvalue weighted by molar-refractivity contribution is 5.71. The van der Waals surface area contributed by atoms with Crippen LogP contribution in [0.2, 0.25) is 0 Å². The molecule has 0 aromatic heterocycles. The SMILES string of the molecule is CCCCCCCCCCCCC(=O)OC[C@@H](COC(=O)CCCCCCCCCCCCCCCCC(C)CC)OC(=O)CCCCCCCCCCC. The van der Waals surface area contributed by atoms with Gasteiger partial charge in [0.25, 0.3) is 0 Å². The number of carbonyl (C=O) groups is 3. The molecule has 0 bridgehead atoms. The average Bonchev–Trinajstić information content (AvgIpc) is 3.18. The van der Waals surface area contributed by atoms with Crippen molar-refractivity contribution in [3.63, 3.8) is 0 Å². The van der Waals surface area contributed by atoms with E-state index in [1.807, 2.05) is 0 Å². The highest BCUT2D eigenvalue weighted by atomic mass is 16.6. The minimum atomic E-state index is -0.758. The molecule has 0 aromatic rings. The van der Waals surface area contributed by atoms with Gasteiger partial charge in [0.15, 0.2) is 6.10 Å². The predicted molar refractivity (Wildman–Crippen MR) is 233 cm³/mol. The molecule has 0 spiro atoms. The van der Waals surface area contributed by atoms with E-state index in [4.69, 9.17) is 14.2 Å². The summed E-state index contributed by atoms with van der Waals surface area (Å²) in [5.41, 5.74) is 0. The molecule has 6 nitrogen and oxygen atoms in total. The normalized spacial score (nSPS) is 12.4. The fourth-order valence-electron chi connectivity index (χ4n) is 7.30. The van der Waals surface area contributed by atoms with Gasteiger partial charge in [-0.2, -0.15) is 0 Å². The molecule has 0 aromatic carbocycles. The Bertz CT molecular complexity index is 828. The van der Waals surface area contributed by atoms with E-state index >= 15 is 0 Å². The van der Waals surface area contributed by atoms with Gasteiger partial charge in [-0.05, 0) is 25.2 Å². The van der Waals surface area contributed by atoms with Crippen LogP contribution in [0.1, 0.15) is 272 Å². The van der Waals surface area contributed by atoms with Crippen molar-refractivity contribution in [1.82, 2.24) is 0 Å². The van der Waals surface area contributed by atoms with Gasteiger partial charge in [-0.1, -0.05) is 233 Å². The fourth-order valence-corrected chi connectivity index (χ4v) is 7.30. The topological polar surface area (TPSA) is 78.9 Å². The molecule has 0 rings (SSSR count). The van der Waals surface area contributed by atoms with E-state index in [1.165, 1.54) is 167 Å². The van der Waals surface area contributed by atoms with Gasteiger partial charge in [-0.15, -0.1) is 0 Å². The number of hydrogen-bond donors (Lipinski definition) is 0. The number of esters is 3. The molecule has 2 atom stereocenters. The van der Waals surface area contributed by atoms with Gasteiger partial charge in [0.05, 0.1) is 0 Å². The van der Waals surface area contributed by atoms with Crippen LogP contribution in [-0.4, -0.2) is 37.2 Å². The number of unbranched alkanes of at least 4 members (excludes halogenated alkanes) is 30. The smallest absolute Gasteiger partial charge is 0.306 e. The van der Waals surface area contributed by atoms with Crippen molar-refractivity contribution >= 4 is 17.9 Å². The van der Waals surface area contributed by atoms with Gasteiger partial charge in [-0.25, -0.2) is 0 Å². The zero-order chi connectivity index (χ0) is 40.3. The van der Waals surface area contributed by atoms with E-state index in [0.29, 0.717) is 19.3 Å².